The van der Waals surface area contributed by atoms with E-state index in [1.54, 1.807) is 0 Å². The summed E-state index contributed by atoms with van der Waals surface area (Å²) in [4.78, 5) is 36.7. The number of hydrogen-bond acceptors (Lipinski definition) is 6. The highest BCUT2D eigenvalue weighted by Crippen LogP contribution is 2.00. The maximum absolute atomic E-state index is 11.9. The standard InChI is InChI=1S/C10H13N7O3/c1-15(9(19)7-11-13-14-12-7)4-6-5-16(2)10(20)17(3)8(6)18/h5H,4H2,1-3H3,(H,11,12,13,14). The van der Waals surface area contributed by atoms with E-state index in [2.05, 4.69) is 20.6 Å². The van der Waals surface area contributed by atoms with Crippen molar-refractivity contribution in [3.63, 3.8) is 0 Å². The summed E-state index contributed by atoms with van der Waals surface area (Å²) in [5.74, 6) is -0.566. The fraction of sp³-hybridized carbons (Fsp3) is 0.400. The van der Waals surface area contributed by atoms with Crippen molar-refractivity contribution in [2.24, 2.45) is 14.1 Å². The van der Waals surface area contributed by atoms with E-state index >= 15 is 0 Å². The number of aryl methyl sites for hydroxylation is 1. The van der Waals surface area contributed by atoms with Gasteiger partial charge >= 0.3 is 5.69 Å². The van der Waals surface area contributed by atoms with E-state index in [1.165, 1.54) is 36.8 Å². The summed E-state index contributed by atoms with van der Waals surface area (Å²) in [6.45, 7) is 0.0359. The van der Waals surface area contributed by atoms with E-state index in [0.29, 0.717) is 5.56 Å². The highest BCUT2D eigenvalue weighted by molar-refractivity contribution is 5.89. The van der Waals surface area contributed by atoms with Crippen molar-refractivity contribution in [2.45, 2.75) is 6.54 Å². The first kappa shape index (κ1) is 13.6. The van der Waals surface area contributed by atoms with E-state index in [9.17, 15) is 14.4 Å². The number of aromatic nitrogens is 6. The smallest absolute Gasteiger partial charge is 0.330 e. The van der Waals surface area contributed by atoms with Gasteiger partial charge < -0.3 is 9.47 Å². The molecule has 1 N–H and O–H groups in total. The minimum absolute atomic E-state index is 0.0359. The van der Waals surface area contributed by atoms with Crippen LogP contribution < -0.4 is 11.2 Å². The average Bonchev–Trinajstić information content (AvgIpc) is 2.95. The number of amides is 1. The lowest BCUT2D eigenvalue weighted by Crippen LogP contribution is -2.40. The molecule has 0 aliphatic heterocycles. The molecule has 0 fully saturated rings. The monoisotopic (exact) mass is 279 g/mol. The SMILES string of the molecule is CN(Cc1cn(C)c(=O)n(C)c1=O)C(=O)c1nn[nH]n1. The van der Waals surface area contributed by atoms with Crippen LogP contribution in [0.15, 0.2) is 15.8 Å². The molecular weight excluding hydrogens is 266 g/mol. The van der Waals surface area contributed by atoms with Crippen molar-refractivity contribution in [1.82, 2.24) is 34.7 Å². The molecule has 0 unspecified atom stereocenters. The lowest BCUT2D eigenvalue weighted by Gasteiger charge is -2.15. The number of aromatic amines is 1. The molecule has 2 aromatic rings. The fourth-order valence-corrected chi connectivity index (χ4v) is 1.74. The molecule has 0 saturated heterocycles. The van der Waals surface area contributed by atoms with Crippen molar-refractivity contribution >= 4 is 5.91 Å². The van der Waals surface area contributed by atoms with E-state index in [4.69, 9.17) is 0 Å². The predicted octanol–water partition coefficient (Wildman–Crippen LogP) is -2.13. The summed E-state index contributed by atoms with van der Waals surface area (Å²) in [5, 5.41) is 12.6. The molecule has 0 aromatic carbocycles. The Kier molecular flexibility index (Phi) is 3.46. The average molecular weight is 279 g/mol. The van der Waals surface area contributed by atoms with Crippen molar-refractivity contribution < 1.29 is 4.79 Å². The van der Waals surface area contributed by atoms with Crippen LogP contribution in [-0.2, 0) is 20.6 Å². The third-order valence-electron chi connectivity index (χ3n) is 2.81. The summed E-state index contributed by atoms with van der Waals surface area (Å²) < 4.78 is 2.27. The Hall–Kier alpha value is -2.78. The Morgan fingerprint density at radius 1 is 1.40 bits per heavy atom. The van der Waals surface area contributed by atoms with Crippen molar-refractivity contribution in [1.29, 1.82) is 0 Å². The van der Waals surface area contributed by atoms with Gasteiger partial charge in [0.1, 0.15) is 0 Å². The van der Waals surface area contributed by atoms with Crippen LogP contribution in [0.5, 0.6) is 0 Å². The molecule has 0 radical (unpaired) electrons. The van der Waals surface area contributed by atoms with Crippen LogP contribution >= 0.6 is 0 Å². The zero-order valence-electron chi connectivity index (χ0n) is 11.2. The first-order valence-corrected chi connectivity index (χ1v) is 5.66. The Morgan fingerprint density at radius 2 is 2.10 bits per heavy atom. The molecule has 1 amide bonds. The van der Waals surface area contributed by atoms with Crippen molar-refractivity contribution in [3.8, 4) is 0 Å². The number of carbonyl (C=O) groups is 1. The number of rotatable bonds is 3. The molecule has 2 heterocycles. The van der Waals surface area contributed by atoms with E-state index in [0.717, 1.165) is 4.57 Å². The number of tetrazole rings is 1. The highest BCUT2D eigenvalue weighted by Gasteiger charge is 2.18. The summed E-state index contributed by atoms with van der Waals surface area (Å²) in [7, 11) is 4.42. The van der Waals surface area contributed by atoms with Gasteiger partial charge in [-0.25, -0.2) is 4.79 Å². The number of carbonyl (C=O) groups excluding carboxylic acids is 1. The molecule has 10 nitrogen and oxygen atoms in total. The van der Waals surface area contributed by atoms with Gasteiger partial charge in [0.25, 0.3) is 17.3 Å². The summed E-state index contributed by atoms with van der Waals surface area (Å²) >= 11 is 0. The molecule has 0 aliphatic carbocycles. The molecule has 0 saturated carbocycles. The molecule has 0 atom stereocenters. The van der Waals surface area contributed by atoms with Crippen LogP contribution in [0.4, 0.5) is 0 Å². The summed E-state index contributed by atoms with van der Waals surface area (Å²) in [6.07, 6.45) is 1.41. The summed E-state index contributed by atoms with van der Waals surface area (Å²) in [5.41, 5.74) is -0.555. The molecule has 20 heavy (non-hydrogen) atoms. The van der Waals surface area contributed by atoms with Gasteiger partial charge in [-0.2, -0.15) is 5.21 Å². The first-order valence-electron chi connectivity index (χ1n) is 5.66. The lowest BCUT2D eigenvalue weighted by molar-refractivity contribution is 0.0772. The van der Waals surface area contributed by atoms with Gasteiger partial charge in [-0.05, 0) is 5.21 Å². The van der Waals surface area contributed by atoms with Gasteiger partial charge in [-0.1, -0.05) is 0 Å². The normalized spacial score (nSPS) is 10.6. The number of nitrogens with one attached hydrogen (secondary N) is 1. The molecule has 0 aliphatic rings. The fourth-order valence-electron chi connectivity index (χ4n) is 1.74. The summed E-state index contributed by atoms with van der Waals surface area (Å²) in [6, 6.07) is 0. The molecule has 0 bridgehead atoms. The predicted molar refractivity (Wildman–Crippen MR) is 66.9 cm³/mol. The van der Waals surface area contributed by atoms with Crippen LogP contribution in [0.3, 0.4) is 0 Å². The van der Waals surface area contributed by atoms with Gasteiger partial charge in [0.2, 0.25) is 0 Å². The van der Waals surface area contributed by atoms with Crippen LogP contribution in [0.25, 0.3) is 0 Å². The van der Waals surface area contributed by atoms with Gasteiger partial charge in [0, 0.05) is 27.3 Å². The van der Waals surface area contributed by atoms with Crippen molar-refractivity contribution in [3.05, 3.63) is 38.4 Å². The second kappa shape index (κ2) is 5.07. The van der Waals surface area contributed by atoms with E-state index < -0.39 is 17.2 Å². The minimum atomic E-state index is -0.477. The highest BCUT2D eigenvalue weighted by atomic mass is 16.2. The van der Waals surface area contributed by atoms with Gasteiger partial charge in [0.05, 0.1) is 12.1 Å². The van der Waals surface area contributed by atoms with Crippen LogP contribution in [0.2, 0.25) is 0 Å². The van der Waals surface area contributed by atoms with E-state index in [1.807, 2.05) is 0 Å². The Morgan fingerprint density at radius 3 is 2.70 bits per heavy atom. The lowest BCUT2D eigenvalue weighted by atomic mass is 10.3. The molecule has 0 spiro atoms. The molecular formula is C10H13N7O3. The number of nitrogens with zero attached hydrogens (tertiary/aromatic N) is 6. The molecule has 2 aromatic heterocycles. The zero-order chi connectivity index (χ0) is 14.9. The third kappa shape index (κ3) is 2.35. The first-order chi connectivity index (χ1) is 9.41. The maximum atomic E-state index is 11.9. The van der Waals surface area contributed by atoms with Gasteiger partial charge in [-0.3, -0.25) is 14.2 Å². The van der Waals surface area contributed by atoms with Crippen LogP contribution in [0.1, 0.15) is 16.2 Å². The van der Waals surface area contributed by atoms with E-state index in [-0.39, 0.29) is 12.4 Å². The second-order valence-corrected chi connectivity index (χ2v) is 4.31. The molecule has 10 heteroatoms. The second-order valence-electron chi connectivity index (χ2n) is 4.31. The minimum Gasteiger partial charge on any atom is -0.334 e. The topological polar surface area (TPSA) is 119 Å². The van der Waals surface area contributed by atoms with Crippen molar-refractivity contribution in [2.75, 3.05) is 7.05 Å². The van der Waals surface area contributed by atoms with Gasteiger partial charge in [-0.15, -0.1) is 10.2 Å². The van der Waals surface area contributed by atoms with Crippen LogP contribution in [-0.4, -0.2) is 47.6 Å². The molecule has 2 rings (SSSR count). The Labute approximate surface area is 112 Å². The number of hydrogen-bond donors (Lipinski definition) is 1. The quantitative estimate of drug-likeness (QED) is 0.685. The molecule has 106 valence electrons. The maximum Gasteiger partial charge on any atom is 0.330 e. The Balaban J connectivity index is 2.29. The zero-order valence-corrected chi connectivity index (χ0v) is 11.2. The van der Waals surface area contributed by atoms with Crippen LogP contribution in [0, 0.1) is 0 Å². The third-order valence-corrected chi connectivity index (χ3v) is 2.81. The Bertz CT molecular complexity index is 743. The van der Waals surface area contributed by atoms with Gasteiger partial charge in [0.15, 0.2) is 0 Å². The largest absolute Gasteiger partial charge is 0.334 e. The number of H-pyrrole nitrogens is 1.